The summed E-state index contributed by atoms with van der Waals surface area (Å²) in [4.78, 5) is 17.1. The van der Waals surface area contributed by atoms with Crippen LogP contribution < -0.4 is 15.4 Å². The summed E-state index contributed by atoms with van der Waals surface area (Å²) in [5, 5.41) is 5.90. The number of ether oxygens (including phenoxy) is 1. The van der Waals surface area contributed by atoms with Gasteiger partial charge in [0, 0.05) is 16.8 Å². The summed E-state index contributed by atoms with van der Waals surface area (Å²) in [6.07, 6.45) is 1.07. The van der Waals surface area contributed by atoms with Gasteiger partial charge in [-0.05, 0) is 101 Å². The molecule has 0 aliphatic heterocycles. The van der Waals surface area contributed by atoms with Crippen molar-refractivity contribution in [3.63, 3.8) is 0 Å². The molecule has 174 valence electrons. The van der Waals surface area contributed by atoms with E-state index in [1.54, 1.807) is 25.3 Å². The Balaban J connectivity index is 1.42. The maximum absolute atomic E-state index is 12.5. The molecule has 0 fully saturated rings. The van der Waals surface area contributed by atoms with E-state index in [4.69, 9.17) is 21.4 Å². The van der Waals surface area contributed by atoms with Crippen LogP contribution in [0.15, 0.2) is 69.6 Å². The highest BCUT2D eigenvalue weighted by atomic mass is 79.9. The molecule has 0 bridgehead atoms. The Morgan fingerprint density at radius 2 is 1.91 bits per heavy atom. The standard InChI is InChI=1S/C26H24BrN3O3S/c1-4-15(2)17-7-12-23-21(14-17)29-25(33-23)16-5-9-19(10-6-16)28-26(34)30-24(31)18-8-11-22(32-3)20(27)13-18/h5-15H,4H2,1-3H3,(H2,28,30,31,34)/t15-/m0/s1. The van der Waals surface area contributed by atoms with Crippen molar-refractivity contribution in [1.29, 1.82) is 0 Å². The molecular weight excluding hydrogens is 514 g/mol. The summed E-state index contributed by atoms with van der Waals surface area (Å²) < 4.78 is 11.8. The Bertz CT molecular complexity index is 1350. The lowest BCUT2D eigenvalue weighted by Gasteiger charge is -2.11. The first-order valence-corrected chi connectivity index (χ1v) is 12.0. The predicted octanol–water partition coefficient (Wildman–Crippen LogP) is 6.91. The summed E-state index contributed by atoms with van der Waals surface area (Å²) in [5.74, 6) is 1.36. The zero-order chi connectivity index (χ0) is 24.2. The van der Waals surface area contributed by atoms with E-state index in [1.807, 2.05) is 30.3 Å². The number of benzene rings is 3. The average molecular weight is 538 g/mol. The zero-order valence-corrected chi connectivity index (χ0v) is 21.4. The number of carbonyl (C=O) groups excluding carboxylic acids is 1. The minimum atomic E-state index is -0.319. The Kier molecular flexibility index (Phi) is 7.29. The maximum atomic E-state index is 12.5. The molecule has 34 heavy (non-hydrogen) atoms. The van der Waals surface area contributed by atoms with E-state index in [9.17, 15) is 4.79 Å². The quantitative estimate of drug-likeness (QED) is 0.260. The van der Waals surface area contributed by atoms with Crippen molar-refractivity contribution in [2.45, 2.75) is 26.2 Å². The fraction of sp³-hybridized carbons (Fsp3) is 0.192. The number of fused-ring (bicyclic) bond motifs is 1. The monoisotopic (exact) mass is 537 g/mol. The fourth-order valence-corrected chi connectivity index (χ4v) is 4.20. The third kappa shape index (κ3) is 5.29. The van der Waals surface area contributed by atoms with Gasteiger partial charge < -0.3 is 14.5 Å². The van der Waals surface area contributed by atoms with E-state index in [1.165, 1.54) is 5.56 Å². The third-order valence-corrected chi connectivity index (χ3v) is 6.45. The van der Waals surface area contributed by atoms with E-state index in [0.29, 0.717) is 27.6 Å². The van der Waals surface area contributed by atoms with Crippen molar-refractivity contribution < 1.29 is 13.9 Å². The van der Waals surface area contributed by atoms with Crippen LogP contribution in [0.1, 0.15) is 42.1 Å². The van der Waals surface area contributed by atoms with E-state index in [0.717, 1.165) is 28.8 Å². The molecule has 0 aliphatic rings. The Morgan fingerprint density at radius 3 is 2.59 bits per heavy atom. The SMILES string of the molecule is CC[C@H](C)c1ccc2oc(-c3ccc(NC(=S)NC(=O)c4ccc(OC)c(Br)c4)cc3)nc2c1. The maximum Gasteiger partial charge on any atom is 0.257 e. The number of rotatable bonds is 6. The molecule has 2 N–H and O–H groups in total. The number of hydrogen-bond acceptors (Lipinski definition) is 5. The molecule has 0 saturated carbocycles. The molecule has 4 aromatic rings. The van der Waals surface area contributed by atoms with Crippen LogP contribution >= 0.6 is 28.1 Å². The smallest absolute Gasteiger partial charge is 0.257 e. The van der Waals surface area contributed by atoms with Crippen LogP contribution in [0.3, 0.4) is 0 Å². The van der Waals surface area contributed by atoms with Crippen molar-refractivity contribution in [1.82, 2.24) is 10.3 Å². The molecule has 3 aromatic carbocycles. The highest BCUT2D eigenvalue weighted by Gasteiger charge is 2.13. The summed E-state index contributed by atoms with van der Waals surface area (Å²) in [6, 6.07) is 18.7. The minimum absolute atomic E-state index is 0.198. The first kappa shape index (κ1) is 23.9. The summed E-state index contributed by atoms with van der Waals surface area (Å²) in [7, 11) is 1.57. The van der Waals surface area contributed by atoms with Gasteiger partial charge in [0.05, 0.1) is 11.6 Å². The number of methoxy groups -OCH3 is 1. The van der Waals surface area contributed by atoms with Crippen molar-refractivity contribution in [3.8, 4) is 17.2 Å². The molecule has 1 heterocycles. The number of aromatic nitrogens is 1. The number of hydrogen-bond donors (Lipinski definition) is 2. The first-order chi connectivity index (χ1) is 16.4. The minimum Gasteiger partial charge on any atom is -0.496 e. The van der Waals surface area contributed by atoms with Crippen molar-refractivity contribution in [2.24, 2.45) is 0 Å². The molecule has 0 aliphatic carbocycles. The number of anilines is 1. The van der Waals surface area contributed by atoms with Crippen LogP contribution in [0, 0.1) is 0 Å². The molecule has 0 unspecified atom stereocenters. The number of oxazole rings is 1. The second kappa shape index (κ2) is 10.4. The molecule has 4 rings (SSSR count). The molecule has 1 aromatic heterocycles. The van der Waals surface area contributed by atoms with Gasteiger partial charge in [0.15, 0.2) is 10.7 Å². The molecule has 6 nitrogen and oxygen atoms in total. The largest absolute Gasteiger partial charge is 0.496 e. The number of halogens is 1. The van der Waals surface area contributed by atoms with Crippen LogP contribution in [0.4, 0.5) is 5.69 Å². The van der Waals surface area contributed by atoms with Gasteiger partial charge in [-0.2, -0.15) is 0 Å². The van der Waals surface area contributed by atoms with Crippen molar-refractivity contribution in [2.75, 3.05) is 12.4 Å². The van der Waals surface area contributed by atoms with Crippen LogP contribution in [-0.4, -0.2) is 23.1 Å². The second-order valence-corrected chi connectivity index (χ2v) is 9.15. The number of nitrogens with zero attached hydrogens (tertiary/aromatic N) is 1. The van der Waals surface area contributed by atoms with Gasteiger partial charge in [-0.1, -0.05) is 19.9 Å². The van der Waals surface area contributed by atoms with Crippen molar-refractivity contribution >= 4 is 56.0 Å². The Morgan fingerprint density at radius 1 is 1.15 bits per heavy atom. The number of nitrogens with one attached hydrogen (secondary N) is 2. The molecule has 0 saturated heterocycles. The van der Waals surface area contributed by atoms with Gasteiger partial charge in [-0.25, -0.2) is 4.98 Å². The lowest BCUT2D eigenvalue weighted by Crippen LogP contribution is -2.34. The van der Waals surface area contributed by atoms with Gasteiger partial charge in [0.2, 0.25) is 5.89 Å². The van der Waals surface area contributed by atoms with Gasteiger partial charge in [0.25, 0.3) is 5.91 Å². The van der Waals surface area contributed by atoms with Crippen LogP contribution in [0.25, 0.3) is 22.6 Å². The summed E-state index contributed by atoms with van der Waals surface area (Å²) in [5.41, 5.74) is 4.92. The lowest BCUT2D eigenvalue weighted by atomic mass is 9.98. The van der Waals surface area contributed by atoms with E-state index in [-0.39, 0.29) is 11.0 Å². The fourth-order valence-electron chi connectivity index (χ4n) is 3.45. The zero-order valence-electron chi connectivity index (χ0n) is 19.0. The van der Waals surface area contributed by atoms with Crippen molar-refractivity contribution in [3.05, 3.63) is 76.3 Å². The molecule has 8 heteroatoms. The van der Waals surface area contributed by atoms with E-state index in [2.05, 4.69) is 57.5 Å². The van der Waals surface area contributed by atoms with Crippen LogP contribution in [0.2, 0.25) is 0 Å². The highest BCUT2D eigenvalue weighted by molar-refractivity contribution is 9.10. The average Bonchev–Trinajstić information content (AvgIpc) is 3.27. The van der Waals surface area contributed by atoms with Gasteiger partial charge in [0.1, 0.15) is 11.3 Å². The van der Waals surface area contributed by atoms with Crippen LogP contribution in [0.5, 0.6) is 5.75 Å². The number of amides is 1. The number of thiocarbonyl (C=S) groups is 1. The number of carbonyl (C=O) groups is 1. The summed E-state index contributed by atoms with van der Waals surface area (Å²) in [6.45, 7) is 4.38. The molecule has 1 amide bonds. The van der Waals surface area contributed by atoms with Gasteiger partial charge in [-0.15, -0.1) is 0 Å². The van der Waals surface area contributed by atoms with Gasteiger partial charge >= 0.3 is 0 Å². The highest BCUT2D eigenvalue weighted by Crippen LogP contribution is 2.29. The predicted molar refractivity (Wildman–Crippen MR) is 143 cm³/mol. The van der Waals surface area contributed by atoms with Crippen LogP contribution in [-0.2, 0) is 0 Å². The lowest BCUT2D eigenvalue weighted by molar-refractivity contribution is 0.0977. The van der Waals surface area contributed by atoms with Gasteiger partial charge in [-0.3, -0.25) is 10.1 Å². The third-order valence-electron chi connectivity index (χ3n) is 5.62. The molecule has 0 radical (unpaired) electrons. The molecular formula is C26H24BrN3O3S. The molecule has 1 atom stereocenters. The van der Waals surface area contributed by atoms with E-state index < -0.39 is 0 Å². The topological polar surface area (TPSA) is 76.4 Å². The second-order valence-electron chi connectivity index (χ2n) is 7.89. The first-order valence-electron chi connectivity index (χ1n) is 10.8. The molecule has 0 spiro atoms. The Hall–Kier alpha value is -3.23. The Labute approximate surface area is 211 Å². The normalized spacial score (nSPS) is 11.8. The van der Waals surface area contributed by atoms with E-state index >= 15 is 0 Å². The summed E-state index contributed by atoms with van der Waals surface area (Å²) >= 11 is 8.68.